The standard InChI is InChI=1S/C20H21Cl2N3O3/c1-12-8-15(10-24-14(12)3)20(27)23-7-6-13(2)25-19(26)11-28-16-4-5-17(21)18(22)9-16/h4-5,8-10H,2,6-7,11H2,1,3H3,(H,23,27)(H,25,26). The van der Waals surface area contributed by atoms with Crippen molar-refractivity contribution >= 4 is 35.0 Å². The fourth-order valence-corrected chi connectivity index (χ4v) is 2.50. The molecule has 0 saturated heterocycles. The van der Waals surface area contributed by atoms with Gasteiger partial charge in [0.25, 0.3) is 11.8 Å². The molecule has 0 radical (unpaired) electrons. The number of pyridine rings is 1. The molecule has 0 bridgehead atoms. The molecule has 0 aliphatic carbocycles. The molecular weight excluding hydrogens is 401 g/mol. The molecule has 0 unspecified atom stereocenters. The van der Waals surface area contributed by atoms with Gasteiger partial charge in [0.2, 0.25) is 0 Å². The number of hydrogen-bond donors (Lipinski definition) is 2. The Morgan fingerprint density at radius 3 is 2.61 bits per heavy atom. The predicted molar refractivity (Wildman–Crippen MR) is 110 cm³/mol. The smallest absolute Gasteiger partial charge is 0.262 e. The zero-order valence-corrected chi connectivity index (χ0v) is 17.2. The Kier molecular flexibility index (Phi) is 7.84. The van der Waals surface area contributed by atoms with Crippen LogP contribution in [0.2, 0.25) is 10.0 Å². The van der Waals surface area contributed by atoms with Gasteiger partial charge in [0.15, 0.2) is 6.61 Å². The highest BCUT2D eigenvalue weighted by Gasteiger charge is 2.09. The van der Waals surface area contributed by atoms with Crippen LogP contribution >= 0.6 is 23.2 Å². The minimum Gasteiger partial charge on any atom is -0.484 e. The third-order valence-corrected chi connectivity index (χ3v) is 4.63. The van der Waals surface area contributed by atoms with E-state index in [1.807, 2.05) is 13.8 Å². The maximum atomic E-state index is 12.1. The van der Waals surface area contributed by atoms with Gasteiger partial charge in [-0.15, -0.1) is 0 Å². The number of benzene rings is 1. The van der Waals surface area contributed by atoms with E-state index in [1.165, 1.54) is 12.3 Å². The molecule has 0 spiro atoms. The summed E-state index contributed by atoms with van der Waals surface area (Å²) in [5.41, 5.74) is 2.80. The average Bonchev–Trinajstić information content (AvgIpc) is 2.64. The number of halogens is 2. The van der Waals surface area contributed by atoms with Gasteiger partial charge in [-0.1, -0.05) is 29.8 Å². The number of carbonyl (C=O) groups is 2. The molecule has 1 aromatic heterocycles. The number of amides is 2. The first-order chi connectivity index (χ1) is 13.3. The van der Waals surface area contributed by atoms with E-state index in [1.54, 1.807) is 18.2 Å². The van der Waals surface area contributed by atoms with E-state index < -0.39 is 0 Å². The van der Waals surface area contributed by atoms with Gasteiger partial charge in [0.1, 0.15) is 5.75 Å². The number of nitrogens with zero attached hydrogens (tertiary/aromatic N) is 1. The molecule has 6 nitrogen and oxygen atoms in total. The minimum absolute atomic E-state index is 0.197. The molecule has 148 valence electrons. The Bertz CT molecular complexity index is 900. The van der Waals surface area contributed by atoms with Gasteiger partial charge in [0.05, 0.1) is 15.6 Å². The molecular formula is C20H21Cl2N3O3. The highest BCUT2D eigenvalue weighted by molar-refractivity contribution is 6.42. The molecule has 0 saturated carbocycles. The molecule has 2 N–H and O–H groups in total. The van der Waals surface area contributed by atoms with Gasteiger partial charge >= 0.3 is 0 Å². The SMILES string of the molecule is C=C(CCNC(=O)c1cnc(C)c(C)c1)NC(=O)COc1ccc(Cl)c(Cl)c1. The summed E-state index contributed by atoms with van der Waals surface area (Å²) in [6, 6.07) is 6.52. The summed E-state index contributed by atoms with van der Waals surface area (Å²) in [6.45, 7) is 7.70. The van der Waals surface area contributed by atoms with E-state index in [0.717, 1.165) is 11.3 Å². The molecule has 1 aromatic carbocycles. The van der Waals surface area contributed by atoms with Gasteiger partial charge in [-0.2, -0.15) is 0 Å². The lowest BCUT2D eigenvalue weighted by Gasteiger charge is -2.11. The summed E-state index contributed by atoms with van der Waals surface area (Å²) in [6.07, 6.45) is 1.93. The maximum absolute atomic E-state index is 12.1. The van der Waals surface area contributed by atoms with Crippen LogP contribution in [0, 0.1) is 13.8 Å². The lowest BCUT2D eigenvalue weighted by atomic mass is 10.1. The number of aromatic nitrogens is 1. The Hall–Kier alpha value is -2.57. The van der Waals surface area contributed by atoms with Gasteiger partial charge in [0, 0.05) is 36.6 Å². The third-order valence-electron chi connectivity index (χ3n) is 3.89. The fourth-order valence-electron chi connectivity index (χ4n) is 2.21. The highest BCUT2D eigenvalue weighted by Crippen LogP contribution is 2.26. The quantitative estimate of drug-likeness (QED) is 0.678. The predicted octanol–water partition coefficient (Wildman–Crippen LogP) is 3.83. The molecule has 0 fully saturated rings. The van der Waals surface area contributed by atoms with Crippen molar-refractivity contribution in [3.8, 4) is 5.75 Å². The number of nitrogens with one attached hydrogen (secondary N) is 2. The Balaban J connectivity index is 1.71. The molecule has 2 amide bonds. The van der Waals surface area contributed by atoms with Crippen LogP contribution in [0.4, 0.5) is 0 Å². The first kappa shape index (κ1) is 21.7. The van der Waals surface area contributed by atoms with Crippen LogP contribution in [0.1, 0.15) is 28.0 Å². The zero-order valence-electron chi connectivity index (χ0n) is 15.6. The van der Waals surface area contributed by atoms with Gasteiger partial charge in [-0.25, -0.2) is 0 Å². The van der Waals surface area contributed by atoms with E-state index in [-0.39, 0.29) is 18.4 Å². The van der Waals surface area contributed by atoms with Crippen LogP contribution in [-0.2, 0) is 4.79 Å². The third kappa shape index (κ3) is 6.55. The monoisotopic (exact) mass is 421 g/mol. The van der Waals surface area contributed by atoms with Gasteiger partial charge < -0.3 is 15.4 Å². The molecule has 0 atom stereocenters. The summed E-state index contributed by atoms with van der Waals surface area (Å²) in [5.74, 6) is -0.150. The van der Waals surface area contributed by atoms with E-state index in [2.05, 4.69) is 22.2 Å². The normalized spacial score (nSPS) is 10.3. The highest BCUT2D eigenvalue weighted by atomic mass is 35.5. The Morgan fingerprint density at radius 2 is 1.93 bits per heavy atom. The number of carbonyl (C=O) groups excluding carboxylic acids is 2. The topological polar surface area (TPSA) is 80.3 Å². The molecule has 2 aromatic rings. The second-order valence-electron chi connectivity index (χ2n) is 6.15. The van der Waals surface area contributed by atoms with Crippen LogP contribution < -0.4 is 15.4 Å². The van der Waals surface area contributed by atoms with Crippen molar-refractivity contribution in [2.24, 2.45) is 0 Å². The van der Waals surface area contributed by atoms with Crippen molar-refractivity contribution in [3.05, 3.63) is 69.6 Å². The van der Waals surface area contributed by atoms with Crippen molar-refractivity contribution in [1.29, 1.82) is 0 Å². The summed E-state index contributed by atoms with van der Waals surface area (Å²) < 4.78 is 5.35. The summed E-state index contributed by atoms with van der Waals surface area (Å²) in [7, 11) is 0. The fraction of sp³-hybridized carbons (Fsp3) is 0.250. The van der Waals surface area contributed by atoms with E-state index >= 15 is 0 Å². The molecule has 2 rings (SSSR count). The average molecular weight is 422 g/mol. The second-order valence-corrected chi connectivity index (χ2v) is 6.96. The molecule has 0 aliphatic heterocycles. The summed E-state index contributed by atoms with van der Waals surface area (Å²) in [4.78, 5) is 28.2. The Labute approximate surface area is 173 Å². The second kappa shape index (κ2) is 10.1. The van der Waals surface area contributed by atoms with Crippen molar-refractivity contribution < 1.29 is 14.3 Å². The van der Waals surface area contributed by atoms with E-state index in [0.29, 0.717) is 40.0 Å². The van der Waals surface area contributed by atoms with E-state index in [4.69, 9.17) is 27.9 Å². The van der Waals surface area contributed by atoms with Gasteiger partial charge in [-0.05, 0) is 37.6 Å². The number of hydrogen-bond acceptors (Lipinski definition) is 4. The molecule has 8 heteroatoms. The van der Waals surface area contributed by atoms with Crippen LogP contribution in [0.3, 0.4) is 0 Å². The first-order valence-corrected chi connectivity index (χ1v) is 9.29. The molecule has 28 heavy (non-hydrogen) atoms. The van der Waals surface area contributed by atoms with Crippen molar-refractivity contribution in [2.75, 3.05) is 13.2 Å². The van der Waals surface area contributed by atoms with E-state index in [9.17, 15) is 9.59 Å². The van der Waals surface area contributed by atoms with Crippen molar-refractivity contribution in [1.82, 2.24) is 15.6 Å². The molecule has 1 heterocycles. The zero-order chi connectivity index (χ0) is 20.7. The number of aryl methyl sites for hydroxylation is 2. The van der Waals surface area contributed by atoms with Crippen LogP contribution in [0.25, 0.3) is 0 Å². The summed E-state index contributed by atoms with van der Waals surface area (Å²) >= 11 is 11.7. The van der Waals surface area contributed by atoms with Crippen LogP contribution in [0.5, 0.6) is 5.75 Å². The van der Waals surface area contributed by atoms with Crippen molar-refractivity contribution in [2.45, 2.75) is 20.3 Å². The maximum Gasteiger partial charge on any atom is 0.262 e. The molecule has 0 aliphatic rings. The van der Waals surface area contributed by atoms with Crippen molar-refractivity contribution in [3.63, 3.8) is 0 Å². The Morgan fingerprint density at radius 1 is 1.18 bits per heavy atom. The lowest BCUT2D eigenvalue weighted by molar-refractivity contribution is -0.122. The van der Waals surface area contributed by atoms with Crippen LogP contribution in [-0.4, -0.2) is 29.9 Å². The number of rotatable bonds is 8. The van der Waals surface area contributed by atoms with Crippen LogP contribution in [0.15, 0.2) is 42.7 Å². The largest absolute Gasteiger partial charge is 0.484 e. The lowest BCUT2D eigenvalue weighted by Crippen LogP contribution is -2.31. The number of ether oxygens (including phenoxy) is 1. The first-order valence-electron chi connectivity index (χ1n) is 8.53. The summed E-state index contributed by atoms with van der Waals surface area (Å²) in [5, 5.41) is 6.15. The van der Waals surface area contributed by atoms with Gasteiger partial charge in [-0.3, -0.25) is 14.6 Å². The minimum atomic E-state index is -0.360.